The molecule has 0 saturated heterocycles. The number of benzene rings is 1. The molecule has 0 spiro atoms. The van der Waals surface area contributed by atoms with Gasteiger partial charge in [-0.25, -0.2) is 19.3 Å². The molecule has 138 valence electrons. The van der Waals surface area contributed by atoms with Crippen molar-refractivity contribution in [3.63, 3.8) is 0 Å². The third-order valence-corrected chi connectivity index (χ3v) is 4.76. The van der Waals surface area contributed by atoms with Gasteiger partial charge in [0.2, 0.25) is 5.82 Å². The Bertz CT molecular complexity index is 979. The zero-order valence-electron chi connectivity index (χ0n) is 14.8. The van der Waals surface area contributed by atoms with Crippen molar-refractivity contribution in [3.05, 3.63) is 65.6 Å². The van der Waals surface area contributed by atoms with Crippen LogP contribution in [0.3, 0.4) is 0 Å². The van der Waals surface area contributed by atoms with E-state index in [9.17, 15) is 8.78 Å². The molecule has 4 rings (SSSR count). The largest absolute Gasteiger partial charge is 0.494 e. The molecule has 1 aliphatic carbocycles. The first kappa shape index (κ1) is 17.3. The van der Waals surface area contributed by atoms with Crippen LogP contribution in [0.25, 0.3) is 11.5 Å². The minimum Gasteiger partial charge on any atom is -0.494 e. The molecule has 1 aliphatic rings. The number of hydrogen-bond acceptors (Lipinski definition) is 5. The van der Waals surface area contributed by atoms with Crippen LogP contribution in [0, 0.1) is 11.6 Å². The molecule has 1 fully saturated rings. The monoisotopic (exact) mass is 369 g/mol. The lowest BCUT2D eigenvalue weighted by Crippen LogP contribution is -1.97. The number of halogens is 2. The minimum absolute atomic E-state index is 0.0792. The number of methoxy groups -OCH3 is 2. The Morgan fingerprint density at radius 2 is 1.63 bits per heavy atom. The van der Waals surface area contributed by atoms with E-state index in [1.165, 1.54) is 13.2 Å². The molecule has 2 unspecified atom stereocenters. The summed E-state index contributed by atoms with van der Waals surface area (Å²) in [7, 11) is 2.89. The molecule has 0 N–H and O–H groups in total. The van der Waals surface area contributed by atoms with Gasteiger partial charge in [-0.3, -0.25) is 0 Å². The van der Waals surface area contributed by atoms with Crippen LogP contribution in [0.2, 0.25) is 0 Å². The molecule has 0 aliphatic heterocycles. The second-order valence-electron chi connectivity index (χ2n) is 6.36. The van der Waals surface area contributed by atoms with E-state index in [0.29, 0.717) is 22.8 Å². The second kappa shape index (κ2) is 6.90. The number of pyridine rings is 1. The maximum atomic E-state index is 13.8. The van der Waals surface area contributed by atoms with Gasteiger partial charge >= 0.3 is 0 Å². The van der Waals surface area contributed by atoms with E-state index in [2.05, 4.69) is 15.0 Å². The molecule has 7 heteroatoms. The average Bonchev–Trinajstić information content (AvgIpc) is 3.51. The molecule has 1 aromatic carbocycles. The van der Waals surface area contributed by atoms with E-state index < -0.39 is 11.6 Å². The Labute approximate surface area is 155 Å². The van der Waals surface area contributed by atoms with Crippen LogP contribution in [0.5, 0.6) is 11.5 Å². The topological polar surface area (TPSA) is 57.1 Å². The van der Waals surface area contributed by atoms with Gasteiger partial charge in [0.05, 0.1) is 14.2 Å². The molecule has 3 aromatic rings. The summed E-state index contributed by atoms with van der Waals surface area (Å²) in [4.78, 5) is 13.1. The maximum absolute atomic E-state index is 13.8. The molecule has 2 heterocycles. The molecule has 27 heavy (non-hydrogen) atoms. The molecule has 0 amide bonds. The van der Waals surface area contributed by atoms with Crippen molar-refractivity contribution in [2.45, 2.75) is 18.3 Å². The Morgan fingerprint density at radius 1 is 0.926 bits per heavy atom. The first-order valence-electron chi connectivity index (χ1n) is 8.46. The summed E-state index contributed by atoms with van der Waals surface area (Å²) in [6.45, 7) is 0. The molecular formula is C20H17F2N3O2. The fraction of sp³-hybridized carbons (Fsp3) is 0.250. The van der Waals surface area contributed by atoms with Gasteiger partial charge in [-0.1, -0.05) is 0 Å². The fourth-order valence-electron chi connectivity index (χ4n) is 3.25. The summed E-state index contributed by atoms with van der Waals surface area (Å²) in [5, 5.41) is 0. The van der Waals surface area contributed by atoms with Crippen molar-refractivity contribution in [1.82, 2.24) is 15.0 Å². The average molecular weight is 369 g/mol. The lowest BCUT2D eigenvalue weighted by molar-refractivity contribution is 0.371. The Hall–Kier alpha value is -3.09. The lowest BCUT2D eigenvalue weighted by Gasteiger charge is -2.08. The third kappa shape index (κ3) is 3.20. The van der Waals surface area contributed by atoms with Gasteiger partial charge in [0.25, 0.3) is 0 Å². The van der Waals surface area contributed by atoms with E-state index in [1.807, 2.05) is 0 Å². The molecular weight excluding hydrogens is 352 g/mol. The van der Waals surface area contributed by atoms with E-state index >= 15 is 0 Å². The van der Waals surface area contributed by atoms with Crippen molar-refractivity contribution >= 4 is 0 Å². The van der Waals surface area contributed by atoms with Crippen LogP contribution < -0.4 is 9.47 Å². The van der Waals surface area contributed by atoms with Gasteiger partial charge in [0.15, 0.2) is 17.4 Å². The summed E-state index contributed by atoms with van der Waals surface area (Å²) in [6.07, 6.45) is 5.98. The van der Waals surface area contributed by atoms with Gasteiger partial charge in [-0.15, -0.1) is 0 Å². The molecule has 0 radical (unpaired) electrons. The first-order valence-corrected chi connectivity index (χ1v) is 8.46. The summed E-state index contributed by atoms with van der Waals surface area (Å²) >= 11 is 0. The summed E-state index contributed by atoms with van der Waals surface area (Å²) in [6, 6.07) is 6.36. The Kier molecular flexibility index (Phi) is 4.43. The highest BCUT2D eigenvalue weighted by Gasteiger charge is 2.40. The number of hydrogen-bond donors (Lipinski definition) is 0. The van der Waals surface area contributed by atoms with Crippen LogP contribution in [-0.4, -0.2) is 29.2 Å². The van der Waals surface area contributed by atoms with Crippen molar-refractivity contribution in [3.8, 4) is 23.0 Å². The Balaban J connectivity index is 1.56. The summed E-state index contributed by atoms with van der Waals surface area (Å²) in [5.41, 5.74) is 2.23. The van der Waals surface area contributed by atoms with E-state index in [1.54, 1.807) is 43.9 Å². The quantitative estimate of drug-likeness (QED) is 0.678. The van der Waals surface area contributed by atoms with Crippen molar-refractivity contribution in [2.24, 2.45) is 0 Å². The van der Waals surface area contributed by atoms with Crippen LogP contribution in [0.4, 0.5) is 8.78 Å². The van der Waals surface area contributed by atoms with Gasteiger partial charge in [0, 0.05) is 18.6 Å². The zero-order chi connectivity index (χ0) is 19.0. The van der Waals surface area contributed by atoms with Crippen LogP contribution in [0.15, 0.2) is 42.9 Å². The smallest absolute Gasteiger partial charge is 0.200 e. The van der Waals surface area contributed by atoms with E-state index in [4.69, 9.17) is 9.47 Å². The second-order valence-corrected chi connectivity index (χ2v) is 6.36. The third-order valence-electron chi connectivity index (χ3n) is 4.76. The number of nitrogens with zero attached hydrogens (tertiary/aromatic N) is 3. The molecule has 2 atom stereocenters. The van der Waals surface area contributed by atoms with Gasteiger partial charge < -0.3 is 9.47 Å². The highest BCUT2D eigenvalue weighted by Crippen LogP contribution is 2.55. The first-order chi connectivity index (χ1) is 13.1. The normalized spacial score (nSPS) is 18.2. The summed E-state index contributed by atoms with van der Waals surface area (Å²) < 4.78 is 37.6. The lowest BCUT2D eigenvalue weighted by atomic mass is 10.1. The SMILES string of the molecule is COc1cccnc1-c1ncc(C2CC2c2cc(F)c(F)c(OC)c2)cn1. The molecule has 0 bridgehead atoms. The fourth-order valence-corrected chi connectivity index (χ4v) is 3.25. The molecule has 5 nitrogen and oxygen atoms in total. The number of ether oxygens (including phenoxy) is 2. The predicted molar refractivity (Wildman–Crippen MR) is 94.8 cm³/mol. The zero-order valence-corrected chi connectivity index (χ0v) is 14.8. The maximum Gasteiger partial charge on any atom is 0.200 e. The number of rotatable bonds is 5. The number of aromatic nitrogens is 3. The van der Waals surface area contributed by atoms with Gasteiger partial charge in [-0.05, 0) is 53.6 Å². The highest BCUT2D eigenvalue weighted by atomic mass is 19.2. The van der Waals surface area contributed by atoms with Gasteiger partial charge in [-0.2, -0.15) is 4.39 Å². The molecule has 1 saturated carbocycles. The van der Waals surface area contributed by atoms with Crippen LogP contribution in [-0.2, 0) is 0 Å². The summed E-state index contributed by atoms with van der Waals surface area (Å²) in [5.74, 6) is -0.609. The Morgan fingerprint density at radius 3 is 2.33 bits per heavy atom. The predicted octanol–water partition coefficient (Wildman–Crippen LogP) is 4.11. The van der Waals surface area contributed by atoms with Crippen molar-refractivity contribution in [1.29, 1.82) is 0 Å². The van der Waals surface area contributed by atoms with Crippen LogP contribution >= 0.6 is 0 Å². The highest BCUT2D eigenvalue weighted by molar-refractivity contribution is 5.58. The van der Waals surface area contributed by atoms with Gasteiger partial charge in [0.1, 0.15) is 11.4 Å². The molecule has 2 aromatic heterocycles. The standard InChI is InChI=1S/C20H17F2N3O2/c1-26-16-4-3-5-23-19(16)20-24-9-12(10-25-20)14-8-13(14)11-6-15(21)18(22)17(7-11)27-2/h3-7,9-10,13-14H,8H2,1-2H3. The van der Waals surface area contributed by atoms with Crippen molar-refractivity contribution in [2.75, 3.05) is 14.2 Å². The van der Waals surface area contributed by atoms with Crippen molar-refractivity contribution < 1.29 is 18.3 Å². The van der Waals surface area contributed by atoms with E-state index in [-0.39, 0.29) is 17.6 Å². The minimum atomic E-state index is -0.963. The van der Waals surface area contributed by atoms with E-state index in [0.717, 1.165) is 12.0 Å². The van der Waals surface area contributed by atoms with Crippen LogP contribution in [0.1, 0.15) is 29.4 Å².